The molecule has 8 heteroatoms. The number of aromatic nitrogens is 3. The lowest BCUT2D eigenvalue weighted by molar-refractivity contribution is 0.118. The van der Waals surface area contributed by atoms with Crippen molar-refractivity contribution >= 4 is 11.9 Å². The number of hydrazine groups is 1. The lowest BCUT2D eigenvalue weighted by Crippen LogP contribution is -2.38. The van der Waals surface area contributed by atoms with Crippen LogP contribution in [0.4, 0.5) is 11.9 Å². The summed E-state index contributed by atoms with van der Waals surface area (Å²) in [5.41, 5.74) is 2.44. The van der Waals surface area contributed by atoms with Crippen molar-refractivity contribution in [2.75, 3.05) is 24.0 Å². The molecule has 0 bridgehead atoms. The zero-order chi connectivity index (χ0) is 14.7. The molecule has 3 N–H and O–H groups in total. The Morgan fingerprint density at radius 1 is 1.40 bits per heavy atom. The summed E-state index contributed by atoms with van der Waals surface area (Å²) < 4.78 is 11.1. The van der Waals surface area contributed by atoms with Gasteiger partial charge in [0, 0.05) is 13.7 Å². The Morgan fingerprint density at radius 2 is 2.15 bits per heavy atom. The molecule has 2 rings (SSSR count). The Hall–Kier alpha value is -1.67. The Morgan fingerprint density at radius 3 is 2.70 bits per heavy atom. The fourth-order valence-corrected chi connectivity index (χ4v) is 2.21. The number of ether oxygens (including phenoxy) is 2. The molecule has 2 heterocycles. The van der Waals surface area contributed by atoms with E-state index < -0.39 is 0 Å². The fraction of sp³-hybridized carbons (Fsp3) is 0.750. The Kier molecular flexibility index (Phi) is 4.56. The Bertz CT molecular complexity index is 456. The summed E-state index contributed by atoms with van der Waals surface area (Å²) in [5, 5.41) is 0. The second-order valence-electron chi connectivity index (χ2n) is 5.10. The molecule has 0 aromatic carbocycles. The number of nitrogens with zero attached hydrogens (tertiary/aromatic N) is 4. The van der Waals surface area contributed by atoms with Gasteiger partial charge in [0.05, 0.1) is 18.2 Å². The number of anilines is 2. The van der Waals surface area contributed by atoms with Crippen molar-refractivity contribution in [3.05, 3.63) is 0 Å². The highest BCUT2D eigenvalue weighted by molar-refractivity contribution is 5.38. The van der Waals surface area contributed by atoms with Gasteiger partial charge in [-0.05, 0) is 27.2 Å². The summed E-state index contributed by atoms with van der Waals surface area (Å²) in [6.07, 6.45) is 1.06. The molecule has 1 aromatic rings. The molecule has 2 atom stereocenters. The number of likely N-dealkylation sites (N-methyl/N-ethyl adjacent to an activating group) is 1. The first kappa shape index (κ1) is 14.7. The van der Waals surface area contributed by atoms with Gasteiger partial charge < -0.3 is 14.4 Å². The third kappa shape index (κ3) is 3.26. The molecule has 1 aliphatic heterocycles. The van der Waals surface area contributed by atoms with Gasteiger partial charge in [0.25, 0.3) is 0 Å². The molecule has 0 spiro atoms. The third-order valence-electron chi connectivity index (χ3n) is 3.22. The van der Waals surface area contributed by atoms with Crippen LogP contribution in [0, 0.1) is 0 Å². The number of hydrogen-bond acceptors (Lipinski definition) is 8. The number of hydrogen-bond donors (Lipinski definition) is 2. The minimum atomic E-state index is -0.0186. The van der Waals surface area contributed by atoms with E-state index in [-0.39, 0.29) is 30.2 Å². The van der Waals surface area contributed by atoms with Gasteiger partial charge in [-0.15, -0.1) is 0 Å². The first-order chi connectivity index (χ1) is 9.51. The third-order valence-corrected chi connectivity index (χ3v) is 3.22. The molecule has 0 saturated carbocycles. The van der Waals surface area contributed by atoms with Crippen LogP contribution < -0.4 is 20.9 Å². The van der Waals surface area contributed by atoms with Crippen LogP contribution in [0.5, 0.6) is 6.01 Å². The van der Waals surface area contributed by atoms with Crippen molar-refractivity contribution in [1.29, 1.82) is 0 Å². The van der Waals surface area contributed by atoms with E-state index in [1.807, 2.05) is 32.7 Å². The normalized spacial score (nSPS) is 22.1. The Labute approximate surface area is 118 Å². The standard InChI is InChI=1S/C12H22N6O2/c1-7(2)20-12-15-10(17-13)14-11(16-12)18(4)9-5-6-19-8(9)3/h7-9H,5-6,13H2,1-4H3,(H,14,15,16,17). The van der Waals surface area contributed by atoms with Crippen molar-refractivity contribution in [1.82, 2.24) is 15.0 Å². The van der Waals surface area contributed by atoms with Crippen LogP contribution >= 0.6 is 0 Å². The molecular formula is C12H22N6O2. The zero-order valence-electron chi connectivity index (χ0n) is 12.3. The van der Waals surface area contributed by atoms with Gasteiger partial charge in [0.1, 0.15) is 0 Å². The second kappa shape index (κ2) is 6.19. The maximum atomic E-state index is 5.58. The second-order valence-corrected chi connectivity index (χ2v) is 5.10. The summed E-state index contributed by atoms with van der Waals surface area (Å²) in [6.45, 7) is 6.62. The number of nitrogens with two attached hydrogens (primary N) is 1. The predicted octanol–water partition coefficient (Wildman–Crippen LogP) is 0.558. The SMILES string of the molecule is CC(C)Oc1nc(NN)nc(N(C)C2CCOC2C)n1. The van der Waals surface area contributed by atoms with E-state index in [2.05, 4.69) is 20.4 Å². The Balaban J connectivity index is 2.25. The molecule has 20 heavy (non-hydrogen) atoms. The largest absolute Gasteiger partial charge is 0.461 e. The highest BCUT2D eigenvalue weighted by Gasteiger charge is 2.30. The van der Waals surface area contributed by atoms with Crippen LogP contribution in [-0.4, -0.2) is 46.9 Å². The van der Waals surface area contributed by atoms with Crippen molar-refractivity contribution in [3.8, 4) is 6.01 Å². The van der Waals surface area contributed by atoms with Crippen LogP contribution in [0.25, 0.3) is 0 Å². The first-order valence-corrected chi connectivity index (χ1v) is 6.75. The van der Waals surface area contributed by atoms with Crippen LogP contribution in [-0.2, 0) is 4.74 Å². The summed E-state index contributed by atoms with van der Waals surface area (Å²) in [4.78, 5) is 14.7. The molecule has 1 aliphatic rings. The van der Waals surface area contributed by atoms with Gasteiger partial charge in [0.15, 0.2) is 0 Å². The highest BCUT2D eigenvalue weighted by Crippen LogP contribution is 2.23. The van der Waals surface area contributed by atoms with E-state index >= 15 is 0 Å². The van der Waals surface area contributed by atoms with Crippen molar-refractivity contribution in [2.45, 2.75) is 45.4 Å². The average molecular weight is 282 g/mol. The molecule has 2 unspecified atom stereocenters. The maximum absolute atomic E-state index is 5.58. The van der Waals surface area contributed by atoms with Gasteiger partial charge in [-0.25, -0.2) is 5.84 Å². The highest BCUT2D eigenvalue weighted by atomic mass is 16.5. The quantitative estimate of drug-likeness (QED) is 0.597. The van der Waals surface area contributed by atoms with Gasteiger partial charge in [-0.1, -0.05) is 0 Å². The number of rotatable bonds is 5. The van der Waals surface area contributed by atoms with E-state index in [1.165, 1.54) is 0 Å². The van der Waals surface area contributed by atoms with E-state index in [9.17, 15) is 0 Å². The summed E-state index contributed by atoms with van der Waals surface area (Å²) in [6, 6.07) is 0.492. The van der Waals surface area contributed by atoms with Crippen molar-refractivity contribution in [3.63, 3.8) is 0 Å². The predicted molar refractivity (Wildman–Crippen MR) is 75.6 cm³/mol. The van der Waals surface area contributed by atoms with E-state index in [4.69, 9.17) is 15.3 Å². The lowest BCUT2D eigenvalue weighted by Gasteiger charge is -2.27. The molecular weight excluding hydrogens is 260 g/mol. The molecule has 112 valence electrons. The van der Waals surface area contributed by atoms with Crippen LogP contribution in [0.2, 0.25) is 0 Å². The molecule has 1 aromatic heterocycles. The monoisotopic (exact) mass is 282 g/mol. The van der Waals surface area contributed by atoms with Crippen molar-refractivity contribution < 1.29 is 9.47 Å². The minimum absolute atomic E-state index is 0.0186. The summed E-state index contributed by atoms with van der Waals surface area (Å²) in [7, 11) is 1.94. The lowest BCUT2D eigenvalue weighted by atomic mass is 10.1. The van der Waals surface area contributed by atoms with Crippen LogP contribution in [0.3, 0.4) is 0 Å². The van der Waals surface area contributed by atoms with Crippen molar-refractivity contribution in [2.24, 2.45) is 5.84 Å². The van der Waals surface area contributed by atoms with E-state index in [1.54, 1.807) is 0 Å². The number of nitrogens with one attached hydrogen (secondary N) is 1. The molecule has 1 saturated heterocycles. The summed E-state index contributed by atoms with van der Waals surface area (Å²) in [5.74, 6) is 6.20. The van der Waals surface area contributed by atoms with Gasteiger partial charge in [-0.3, -0.25) is 5.43 Å². The molecule has 1 fully saturated rings. The summed E-state index contributed by atoms with van der Waals surface area (Å²) >= 11 is 0. The van der Waals surface area contributed by atoms with E-state index in [0.717, 1.165) is 13.0 Å². The number of nitrogen functional groups attached to an aromatic ring is 1. The fourth-order valence-electron chi connectivity index (χ4n) is 2.21. The maximum Gasteiger partial charge on any atom is 0.323 e. The topological polar surface area (TPSA) is 98.4 Å². The molecule has 8 nitrogen and oxygen atoms in total. The zero-order valence-corrected chi connectivity index (χ0v) is 12.3. The van der Waals surface area contributed by atoms with Crippen LogP contribution in [0.1, 0.15) is 27.2 Å². The smallest absolute Gasteiger partial charge is 0.323 e. The van der Waals surface area contributed by atoms with Crippen LogP contribution in [0.15, 0.2) is 0 Å². The molecule has 0 amide bonds. The minimum Gasteiger partial charge on any atom is -0.461 e. The van der Waals surface area contributed by atoms with Gasteiger partial charge in [-0.2, -0.15) is 15.0 Å². The van der Waals surface area contributed by atoms with Gasteiger partial charge >= 0.3 is 6.01 Å². The average Bonchev–Trinajstić information content (AvgIpc) is 2.83. The first-order valence-electron chi connectivity index (χ1n) is 6.75. The molecule has 0 radical (unpaired) electrons. The van der Waals surface area contributed by atoms with Gasteiger partial charge in [0.2, 0.25) is 11.9 Å². The van der Waals surface area contributed by atoms with E-state index in [0.29, 0.717) is 5.95 Å². The molecule has 0 aliphatic carbocycles.